The molecule has 3 aromatic rings. The summed E-state index contributed by atoms with van der Waals surface area (Å²) >= 11 is 12.8. The molecule has 4 N–H and O–H groups in total. The van der Waals surface area contributed by atoms with Gasteiger partial charge >= 0.3 is 5.16 Å². The van der Waals surface area contributed by atoms with Gasteiger partial charge in [-0.25, -0.2) is 0 Å². The molecule has 0 fully saturated rings. The van der Waals surface area contributed by atoms with Crippen LogP contribution in [0.25, 0.3) is 0 Å². The van der Waals surface area contributed by atoms with Crippen LogP contribution in [-0.4, -0.2) is 27.3 Å². The minimum absolute atomic E-state index is 0. The van der Waals surface area contributed by atoms with E-state index in [4.69, 9.17) is 29.0 Å². The maximum absolute atomic E-state index is 12.1. The molecular formula is C18H17Cl3N6O2S. The molecule has 1 heterocycles. The maximum Gasteiger partial charge on any atom is 0.358 e. The van der Waals surface area contributed by atoms with Gasteiger partial charge in [0, 0.05) is 21.4 Å². The first-order chi connectivity index (χ1) is 13.9. The molecule has 12 heteroatoms. The lowest BCUT2D eigenvalue weighted by Crippen LogP contribution is -3.00. The number of rotatable bonds is 7. The van der Waals surface area contributed by atoms with E-state index in [9.17, 15) is 9.59 Å². The van der Waals surface area contributed by atoms with Gasteiger partial charge in [-0.2, -0.15) is 0 Å². The fourth-order valence-corrected chi connectivity index (χ4v) is 3.24. The Hall–Kier alpha value is -2.46. The molecule has 0 radical (unpaired) electrons. The molecule has 0 aliphatic carbocycles. The van der Waals surface area contributed by atoms with Crippen molar-refractivity contribution in [3.63, 3.8) is 0 Å². The van der Waals surface area contributed by atoms with Gasteiger partial charge in [-0.15, -0.1) is 9.36 Å². The molecule has 0 atom stereocenters. The van der Waals surface area contributed by atoms with Crippen molar-refractivity contribution < 1.29 is 26.7 Å². The Bertz CT molecular complexity index is 1010. The molecule has 2 aromatic carbocycles. The molecule has 8 nitrogen and oxygen atoms in total. The van der Waals surface area contributed by atoms with Crippen molar-refractivity contribution in [3.05, 3.63) is 64.9 Å². The Morgan fingerprint density at radius 1 is 0.967 bits per heavy atom. The third kappa shape index (κ3) is 7.10. The number of carbonyl (C=O) groups is 2. The number of carbonyl (C=O) groups excluding carboxylic acids is 2. The van der Waals surface area contributed by atoms with Gasteiger partial charge in [0.25, 0.3) is 5.91 Å². The summed E-state index contributed by atoms with van der Waals surface area (Å²) < 4.78 is 2.65. The minimum atomic E-state index is -0.271. The van der Waals surface area contributed by atoms with Gasteiger partial charge in [0.1, 0.15) is 0 Å². The quantitative estimate of drug-likeness (QED) is 0.238. The number of amides is 2. The van der Waals surface area contributed by atoms with Crippen LogP contribution in [0.15, 0.2) is 60.0 Å². The molecule has 0 saturated heterocycles. The molecule has 2 amide bonds. The van der Waals surface area contributed by atoms with E-state index in [0.29, 0.717) is 26.6 Å². The highest BCUT2D eigenvalue weighted by atomic mass is 35.5. The summed E-state index contributed by atoms with van der Waals surface area (Å²) in [6.07, 6.45) is 1.47. The molecule has 30 heavy (non-hydrogen) atoms. The topological polar surface area (TPSA) is 106 Å². The minimum Gasteiger partial charge on any atom is -1.00 e. The van der Waals surface area contributed by atoms with Crippen LogP contribution in [0.4, 0.5) is 11.4 Å². The fourth-order valence-electron chi connectivity index (χ4n) is 2.30. The first kappa shape index (κ1) is 23.8. The van der Waals surface area contributed by atoms with Gasteiger partial charge in [0.05, 0.1) is 10.9 Å². The van der Waals surface area contributed by atoms with E-state index in [1.54, 1.807) is 48.5 Å². The number of hydrogen-bond donors (Lipinski definition) is 3. The van der Waals surface area contributed by atoms with Crippen molar-refractivity contribution in [3.8, 4) is 0 Å². The zero-order chi connectivity index (χ0) is 20.8. The first-order valence-corrected chi connectivity index (χ1v) is 10.1. The molecule has 0 aliphatic rings. The van der Waals surface area contributed by atoms with Crippen LogP contribution < -0.4 is 33.6 Å². The van der Waals surface area contributed by atoms with E-state index in [1.165, 1.54) is 15.7 Å². The number of aromatic nitrogens is 3. The van der Waals surface area contributed by atoms with Crippen molar-refractivity contribution in [2.24, 2.45) is 0 Å². The molecule has 1 aromatic heterocycles. The third-order valence-electron chi connectivity index (χ3n) is 3.59. The average Bonchev–Trinajstić information content (AvgIpc) is 3.03. The van der Waals surface area contributed by atoms with E-state index in [0.717, 1.165) is 11.8 Å². The number of halogens is 3. The smallest absolute Gasteiger partial charge is 0.358 e. The van der Waals surface area contributed by atoms with Crippen molar-refractivity contribution in [2.45, 2.75) is 11.7 Å². The molecule has 0 bridgehead atoms. The van der Waals surface area contributed by atoms with Gasteiger partial charge in [-0.1, -0.05) is 23.2 Å². The second-order valence-electron chi connectivity index (χ2n) is 5.90. The standard InChI is InChI=1S/C18H16Cl2N6O2S.ClH/c19-12-1-5-14(6-2-12)22-16(27)9-25-11-26(21)18(24-25)29-10-17(28)23-15-7-3-13(20)4-8-15;/h1-8,11H,9-10,21H2,(H-,22,23,27,28);1H. The highest BCUT2D eigenvalue weighted by molar-refractivity contribution is 7.99. The number of nitrogen functional groups attached to an aromatic ring is 1. The zero-order valence-corrected chi connectivity index (χ0v) is 18.5. The van der Waals surface area contributed by atoms with Gasteiger partial charge in [-0.3, -0.25) is 15.4 Å². The lowest BCUT2D eigenvalue weighted by atomic mass is 10.3. The second kappa shape index (κ2) is 11.1. The fraction of sp³-hybridized carbons (Fsp3) is 0.111. The van der Waals surface area contributed by atoms with Crippen molar-refractivity contribution in [2.75, 3.05) is 22.2 Å². The lowest BCUT2D eigenvalue weighted by Gasteiger charge is -2.03. The number of thioether (sulfide) groups is 1. The normalized spacial score (nSPS) is 10.2. The number of anilines is 2. The van der Waals surface area contributed by atoms with E-state index >= 15 is 0 Å². The summed E-state index contributed by atoms with van der Waals surface area (Å²) in [4.78, 5) is 24.2. The molecule has 0 unspecified atom stereocenters. The Morgan fingerprint density at radius 2 is 1.47 bits per heavy atom. The van der Waals surface area contributed by atoms with Gasteiger partial charge in [-0.05, 0) is 60.3 Å². The number of nitrogens with one attached hydrogen (secondary N) is 2. The summed E-state index contributed by atoms with van der Waals surface area (Å²) in [5.74, 6) is 5.48. The van der Waals surface area contributed by atoms with Crippen molar-refractivity contribution >= 4 is 58.2 Å². The number of hydrogen-bond acceptors (Lipinski definition) is 5. The van der Waals surface area contributed by atoms with E-state index < -0.39 is 0 Å². The van der Waals surface area contributed by atoms with Crippen LogP contribution in [-0.2, 0) is 16.1 Å². The van der Waals surface area contributed by atoms with Crippen LogP contribution in [0.3, 0.4) is 0 Å². The van der Waals surface area contributed by atoms with E-state index in [2.05, 4.69) is 15.7 Å². The lowest BCUT2D eigenvalue weighted by molar-refractivity contribution is -0.678. The first-order valence-electron chi connectivity index (χ1n) is 8.37. The monoisotopic (exact) mass is 486 g/mol. The third-order valence-corrected chi connectivity index (χ3v) is 5.05. The van der Waals surface area contributed by atoms with Crippen LogP contribution in [0.2, 0.25) is 10.0 Å². The Kier molecular flexibility index (Phi) is 8.79. The van der Waals surface area contributed by atoms with E-state index in [1.807, 2.05) is 0 Å². The zero-order valence-electron chi connectivity index (χ0n) is 15.4. The summed E-state index contributed by atoms with van der Waals surface area (Å²) in [5, 5.41) is 11.3. The largest absolute Gasteiger partial charge is 1.00 e. The summed E-state index contributed by atoms with van der Waals surface area (Å²) in [5.41, 5.74) is 1.27. The van der Waals surface area contributed by atoms with Crippen LogP contribution in [0.5, 0.6) is 0 Å². The van der Waals surface area contributed by atoms with E-state index in [-0.39, 0.29) is 36.5 Å². The second-order valence-corrected chi connectivity index (χ2v) is 7.72. The van der Waals surface area contributed by atoms with Crippen LogP contribution in [0, 0.1) is 0 Å². The van der Waals surface area contributed by atoms with Gasteiger partial charge in [0.2, 0.25) is 12.2 Å². The Morgan fingerprint density at radius 3 is 2.00 bits per heavy atom. The van der Waals surface area contributed by atoms with Gasteiger partial charge in [0.15, 0.2) is 6.54 Å². The van der Waals surface area contributed by atoms with Gasteiger partial charge < -0.3 is 23.0 Å². The molecule has 0 aliphatic heterocycles. The summed E-state index contributed by atoms with van der Waals surface area (Å²) in [6, 6.07) is 13.6. The van der Waals surface area contributed by atoms with Crippen LogP contribution in [0.1, 0.15) is 0 Å². The average molecular weight is 488 g/mol. The number of nitrogens with two attached hydrogens (primary N) is 1. The highest BCUT2D eigenvalue weighted by Crippen LogP contribution is 2.16. The molecule has 0 saturated carbocycles. The summed E-state index contributed by atoms with van der Waals surface area (Å²) in [6.45, 7) is -0.0304. The molecule has 0 spiro atoms. The van der Waals surface area contributed by atoms with Crippen molar-refractivity contribution in [1.82, 2.24) is 9.78 Å². The van der Waals surface area contributed by atoms with Crippen LogP contribution >= 0.6 is 35.0 Å². The molecule has 3 rings (SSSR count). The predicted molar refractivity (Wildman–Crippen MR) is 113 cm³/mol. The van der Waals surface area contributed by atoms with Crippen molar-refractivity contribution in [1.29, 1.82) is 0 Å². The number of nitrogens with zero attached hydrogens (tertiary/aromatic N) is 3. The predicted octanol–water partition coefficient (Wildman–Crippen LogP) is -0.435. The Balaban J connectivity index is 0.00000320. The Labute approximate surface area is 193 Å². The SMILES string of the molecule is N[n+]1cn(CC(=O)Nc2ccc(Cl)cc2)nc1SCC(=O)Nc1ccc(Cl)cc1.[Cl-]. The molecular weight excluding hydrogens is 471 g/mol. The highest BCUT2D eigenvalue weighted by Gasteiger charge is 2.19. The summed E-state index contributed by atoms with van der Waals surface area (Å²) in [7, 11) is 0. The number of benzene rings is 2. The molecule has 158 valence electrons. The maximum atomic E-state index is 12.1.